The van der Waals surface area contributed by atoms with Crippen molar-refractivity contribution in [1.82, 2.24) is 9.97 Å². The number of ether oxygens (including phenoxy) is 1. The van der Waals surface area contributed by atoms with Crippen molar-refractivity contribution in [2.45, 2.75) is 13.5 Å². The zero-order chi connectivity index (χ0) is 11.4. The predicted molar refractivity (Wildman–Crippen MR) is 61.2 cm³/mol. The third-order valence-electron chi connectivity index (χ3n) is 2.11. The van der Waals surface area contributed by atoms with E-state index in [0.29, 0.717) is 12.4 Å². The number of hydrogen-bond donors (Lipinski definition) is 1. The van der Waals surface area contributed by atoms with Crippen molar-refractivity contribution < 1.29 is 4.74 Å². The fraction of sp³-hybridized carbons (Fsp3) is 0.167. The van der Waals surface area contributed by atoms with Crippen molar-refractivity contribution in [3.8, 4) is 11.6 Å². The third kappa shape index (κ3) is 2.55. The highest BCUT2D eigenvalue weighted by molar-refractivity contribution is 5.29. The van der Waals surface area contributed by atoms with Gasteiger partial charge in [-0.15, -0.1) is 0 Å². The molecule has 16 heavy (non-hydrogen) atoms. The maximum Gasteiger partial charge on any atom is 0.238 e. The second-order valence-electron chi connectivity index (χ2n) is 3.45. The Morgan fingerprint density at radius 2 is 1.94 bits per heavy atom. The number of aromatic nitrogens is 2. The highest BCUT2D eigenvalue weighted by Crippen LogP contribution is 2.18. The van der Waals surface area contributed by atoms with Crippen LogP contribution in [0.3, 0.4) is 0 Å². The fourth-order valence-corrected chi connectivity index (χ4v) is 1.30. The summed E-state index contributed by atoms with van der Waals surface area (Å²) in [7, 11) is 0. The van der Waals surface area contributed by atoms with E-state index in [9.17, 15) is 0 Å². The highest BCUT2D eigenvalue weighted by Gasteiger charge is 1.99. The van der Waals surface area contributed by atoms with Gasteiger partial charge in [-0.1, -0.05) is 12.1 Å². The third-order valence-corrected chi connectivity index (χ3v) is 2.11. The molecule has 1 aromatic heterocycles. The quantitative estimate of drug-likeness (QED) is 0.851. The molecular weight excluding hydrogens is 202 g/mol. The SMILES string of the molecule is Cc1cncc(Oc2ccc(CN)cc2)n1. The Balaban J connectivity index is 2.14. The van der Waals surface area contributed by atoms with Crippen LogP contribution in [-0.2, 0) is 6.54 Å². The van der Waals surface area contributed by atoms with E-state index in [1.165, 1.54) is 0 Å². The molecule has 1 heterocycles. The van der Waals surface area contributed by atoms with Gasteiger partial charge in [-0.05, 0) is 24.6 Å². The molecule has 4 heteroatoms. The molecule has 0 fully saturated rings. The summed E-state index contributed by atoms with van der Waals surface area (Å²) >= 11 is 0. The van der Waals surface area contributed by atoms with Crippen molar-refractivity contribution in [2.24, 2.45) is 5.73 Å². The van der Waals surface area contributed by atoms with Crippen LogP contribution in [0.5, 0.6) is 11.6 Å². The molecule has 0 amide bonds. The van der Waals surface area contributed by atoms with Gasteiger partial charge in [0.25, 0.3) is 0 Å². The maximum atomic E-state index is 5.54. The van der Waals surface area contributed by atoms with Crippen molar-refractivity contribution in [2.75, 3.05) is 0 Å². The summed E-state index contributed by atoms with van der Waals surface area (Å²) in [4.78, 5) is 8.21. The van der Waals surface area contributed by atoms with Gasteiger partial charge in [0.2, 0.25) is 5.88 Å². The van der Waals surface area contributed by atoms with Gasteiger partial charge < -0.3 is 10.5 Å². The summed E-state index contributed by atoms with van der Waals surface area (Å²) in [6.07, 6.45) is 3.27. The van der Waals surface area contributed by atoms with Crippen molar-refractivity contribution in [3.05, 3.63) is 47.9 Å². The summed E-state index contributed by atoms with van der Waals surface area (Å²) < 4.78 is 5.54. The van der Waals surface area contributed by atoms with E-state index in [-0.39, 0.29) is 0 Å². The van der Waals surface area contributed by atoms with Crippen LogP contribution < -0.4 is 10.5 Å². The van der Waals surface area contributed by atoms with Crippen LogP contribution in [0.2, 0.25) is 0 Å². The number of nitrogens with zero attached hydrogens (tertiary/aromatic N) is 2. The monoisotopic (exact) mass is 215 g/mol. The number of nitrogens with two attached hydrogens (primary N) is 1. The molecule has 0 saturated heterocycles. The number of benzene rings is 1. The second-order valence-corrected chi connectivity index (χ2v) is 3.45. The van der Waals surface area contributed by atoms with Crippen LogP contribution in [0.15, 0.2) is 36.7 Å². The summed E-state index contributed by atoms with van der Waals surface area (Å²) in [5, 5.41) is 0. The van der Waals surface area contributed by atoms with Crippen LogP contribution in [-0.4, -0.2) is 9.97 Å². The first-order chi connectivity index (χ1) is 7.78. The average molecular weight is 215 g/mol. The molecule has 82 valence electrons. The summed E-state index contributed by atoms with van der Waals surface area (Å²) in [5.74, 6) is 1.23. The van der Waals surface area contributed by atoms with Gasteiger partial charge in [-0.25, -0.2) is 4.98 Å². The average Bonchev–Trinajstić information content (AvgIpc) is 2.30. The molecule has 2 rings (SSSR count). The van der Waals surface area contributed by atoms with Gasteiger partial charge in [0.1, 0.15) is 5.75 Å². The van der Waals surface area contributed by atoms with Gasteiger partial charge in [0, 0.05) is 12.7 Å². The van der Waals surface area contributed by atoms with Crippen LogP contribution >= 0.6 is 0 Å². The number of hydrogen-bond acceptors (Lipinski definition) is 4. The van der Waals surface area contributed by atoms with Crippen molar-refractivity contribution in [3.63, 3.8) is 0 Å². The first kappa shape index (κ1) is 10.6. The molecule has 0 spiro atoms. The Morgan fingerprint density at radius 1 is 1.19 bits per heavy atom. The minimum atomic E-state index is 0.500. The Kier molecular flexibility index (Phi) is 3.12. The van der Waals surface area contributed by atoms with Gasteiger partial charge in [-0.3, -0.25) is 4.98 Å². The molecule has 0 bridgehead atoms. The molecule has 0 aliphatic carbocycles. The normalized spacial score (nSPS) is 10.1. The van der Waals surface area contributed by atoms with Crippen LogP contribution in [0.4, 0.5) is 0 Å². The maximum absolute atomic E-state index is 5.54. The second kappa shape index (κ2) is 4.72. The largest absolute Gasteiger partial charge is 0.437 e. The number of aryl methyl sites for hydroxylation is 1. The van der Waals surface area contributed by atoms with E-state index in [1.807, 2.05) is 31.2 Å². The highest BCUT2D eigenvalue weighted by atomic mass is 16.5. The smallest absolute Gasteiger partial charge is 0.238 e. The van der Waals surface area contributed by atoms with E-state index < -0.39 is 0 Å². The van der Waals surface area contributed by atoms with Crippen molar-refractivity contribution in [1.29, 1.82) is 0 Å². The lowest BCUT2D eigenvalue weighted by Crippen LogP contribution is -1.96. The molecule has 2 aromatic rings. The molecule has 0 radical (unpaired) electrons. The summed E-state index contributed by atoms with van der Waals surface area (Å²) in [5.41, 5.74) is 7.41. The molecular formula is C12H13N3O. The number of rotatable bonds is 3. The van der Waals surface area contributed by atoms with Crippen LogP contribution in [0.25, 0.3) is 0 Å². The Bertz CT molecular complexity index is 468. The first-order valence-corrected chi connectivity index (χ1v) is 5.03. The van der Waals surface area contributed by atoms with Gasteiger partial charge >= 0.3 is 0 Å². The topological polar surface area (TPSA) is 61.0 Å². The zero-order valence-electron chi connectivity index (χ0n) is 9.05. The van der Waals surface area contributed by atoms with Crippen LogP contribution in [0, 0.1) is 6.92 Å². The molecule has 0 atom stereocenters. The Hall–Kier alpha value is -1.94. The lowest BCUT2D eigenvalue weighted by molar-refractivity contribution is 0.458. The van der Waals surface area contributed by atoms with E-state index >= 15 is 0 Å². The summed E-state index contributed by atoms with van der Waals surface area (Å²) in [6, 6.07) is 7.59. The van der Waals surface area contributed by atoms with E-state index in [2.05, 4.69) is 9.97 Å². The minimum absolute atomic E-state index is 0.500. The molecule has 2 N–H and O–H groups in total. The molecule has 0 aliphatic rings. The van der Waals surface area contributed by atoms with Crippen LogP contribution in [0.1, 0.15) is 11.3 Å². The lowest BCUT2D eigenvalue weighted by atomic mass is 10.2. The Morgan fingerprint density at radius 3 is 2.56 bits per heavy atom. The zero-order valence-corrected chi connectivity index (χ0v) is 9.05. The first-order valence-electron chi connectivity index (χ1n) is 5.03. The van der Waals surface area contributed by atoms with E-state index in [0.717, 1.165) is 17.0 Å². The predicted octanol–water partition coefficient (Wildman–Crippen LogP) is 2.04. The summed E-state index contributed by atoms with van der Waals surface area (Å²) in [6.45, 7) is 2.40. The Labute approximate surface area is 94.1 Å². The van der Waals surface area contributed by atoms with E-state index in [1.54, 1.807) is 12.4 Å². The van der Waals surface area contributed by atoms with Gasteiger partial charge in [-0.2, -0.15) is 0 Å². The molecule has 1 aromatic carbocycles. The van der Waals surface area contributed by atoms with Gasteiger partial charge in [0.05, 0.1) is 11.9 Å². The molecule has 0 unspecified atom stereocenters. The van der Waals surface area contributed by atoms with Gasteiger partial charge in [0.15, 0.2) is 0 Å². The van der Waals surface area contributed by atoms with E-state index in [4.69, 9.17) is 10.5 Å². The van der Waals surface area contributed by atoms with Crippen molar-refractivity contribution >= 4 is 0 Å². The fourth-order valence-electron chi connectivity index (χ4n) is 1.30. The lowest BCUT2D eigenvalue weighted by Gasteiger charge is -2.05. The standard InChI is InChI=1S/C12H13N3O/c1-9-7-14-8-12(15-9)16-11-4-2-10(6-13)3-5-11/h2-5,7-8H,6,13H2,1H3. The molecule has 4 nitrogen and oxygen atoms in total. The molecule has 0 aliphatic heterocycles. The molecule has 0 saturated carbocycles. The minimum Gasteiger partial charge on any atom is -0.437 e.